The number of imide groups is 1. The summed E-state index contributed by atoms with van der Waals surface area (Å²) in [5.41, 5.74) is 2.33. The number of carbonyl (C=O) groups excluding carboxylic acids is 3. The van der Waals surface area contributed by atoms with Crippen LogP contribution in [0.25, 0.3) is 0 Å². The molecule has 6 rings (SSSR count). The maximum Gasteiger partial charge on any atom is 0.240 e. The highest BCUT2D eigenvalue weighted by molar-refractivity contribution is 6.31. The van der Waals surface area contributed by atoms with Crippen LogP contribution in [-0.2, 0) is 9.59 Å². The Balaban J connectivity index is 1.49. The summed E-state index contributed by atoms with van der Waals surface area (Å²) in [4.78, 5) is 42.3. The number of benzene rings is 3. The first-order chi connectivity index (χ1) is 16.5. The Morgan fingerprint density at radius 1 is 0.882 bits per heavy atom. The molecule has 2 saturated heterocycles. The fourth-order valence-electron chi connectivity index (χ4n) is 5.30. The van der Waals surface area contributed by atoms with Crippen LogP contribution in [0, 0.1) is 17.7 Å². The topological polar surface area (TPSA) is 70.0 Å². The number of hydrogen-bond acceptors (Lipinski definition) is 5. The number of ketones is 1. The fraction of sp³-hybridized carbons (Fsp3) is 0.154. The molecule has 3 aromatic rings. The first-order valence-corrected chi connectivity index (χ1v) is 11.2. The molecule has 0 radical (unpaired) electrons. The molecule has 168 valence electrons. The van der Waals surface area contributed by atoms with Crippen LogP contribution in [0.3, 0.4) is 0 Å². The number of nitrogens with zero attached hydrogens (tertiary/aromatic N) is 3. The van der Waals surface area contributed by atoms with Crippen molar-refractivity contribution in [2.75, 3.05) is 4.90 Å². The zero-order valence-electron chi connectivity index (χ0n) is 17.6. The lowest BCUT2D eigenvalue weighted by molar-refractivity contribution is -0.124. The van der Waals surface area contributed by atoms with Crippen LogP contribution < -0.4 is 4.90 Å². The van der Waals surface area contributed by atoms with Crippen LogP contribution >= 0.6 is 11.6 Å². The minimum absolute atomic E-state index is 0.255. The van der Waals surface area contributed by atoms with E-state index < -0.39 is 35.6 Å². The summed E-state index contributed by atoms with van der Waals surface area (Å²) in [5.74, 6) is -3.42. The van der Waals surface area contributed by atoms with Crippen molar-refractivity contribution in [1.82, 2.24) is 5.01 Å². The van der Waals surface area contributed by atoms with E-state index in [1.54, 1.807) is 35.5 Å². The number of amides is 2. The summed E-state index contributed by atoms with van der Waals surface area (Å²) in [6, 6.07) is 17.6. The zero-order valence-corrected chi connectivity index (χ0v) is 18.4. The van der Waals surface area contributed by atoms with Gasteiger partial charge in [-0.1, -0.05) is 35.9 Å². The maximum absolute atomic E-state index is 13.7. The first-order valence-electron chi connectivity index (χ1n) is 10.8. The second-order valence-electron chi connectivity index (χ2n) is 8.55. The lowest BCUT2D eigenvalue weighted by Gasteiger charge is -2.33. The van der Waals surface area contributed by atoms with Gasteiger partial charge in [0.05, 0.1) is 29.8 Å². The Morgan fingerprint density at radius 3 is 2.29 bits per heavy atom. The molecule has 2 amide bonds. The van der Waals surface area contributed by atoms with Gasteiger partial charge < -0.3 is 0 Å². The molecule has 3 aliphatic heterocycles. The first kappa shape index (κ1) is 20.7. The second kappa shape index (κ2) is 7.60. The van der Waals surface area contributed by atoms with Crippen molar-refractivity contribution < 1.29 is 18.8 Å². The molecule has 8 heteroatoms. The Hall–Kier alpha value is -3.84. The number of halogens is 2. The predicted molar refractivity (Wildman–Crippen MR) is 124 cm³/mol. The predicted octanol–water partition coefficient (Wildman–Crippen LogP) is 4.24. The van der Waals surface area contributed by atoms with Crippen molar-refractivity contribution in [3.8, 4) is 0 Å². The molecule has 3 aromatic carbocycles. The molecule has 4 atom stereocenters. The van der Waals surface area contributed by atoms with Gasteiger partial charge in [-0.2, -0.15) is 5.10 Å². The van der Waals surface area contributed by atoms with Gasteiger partial charge in [-0.05, 0) is 59.7 Å². The van der Waals surface area contributed by atoms with E-state index in [4.69, 9.17) is 11.6 Å². The number of hydrazone groups is 1. The van der Waals surface area contributed by atoms with Crippen LogP contribution in [0.5, 0.6) is 0 Å². The highest BCUT2D eigenvalue weighted by atomic mass is 35.5. The van der Waals surface area contributed by atoms with Crippen LogP contribution in [0.2, 0.25) is 5.02 Å². The van der Waals surface area contributed by atoms with E-state index in [0.717, 1.165) is 16.0 Å². The van der Waals surface area contributed by atoms with Crippen LogP contribution in [0.4, 0.5) is 10.1 Å². The summed E-state index contributed by atoms with van der Waals surface area (Å²) in [6.45, 7) is 0. The van der Waals surface area contributed by atoms with Gasteiger partial charge in [-0.3, -0.25) is 19.4 Å². The second-order valence-corrected chi connectivity index (χ2v) is 8.99. The summed E-state index contributed by atoms with van der Waals surface area (Å²) in [7, 11) is 0. The molecule has 3 aliphatic rings. The summed E-state index contributed by atoms with van der Waals surface area (Å²) < 4.78 is 13.5. The van der Waals surface area contributed by atoms with Crippen molar-refractivity contribution in [2.45, 2.75) is 12.1 Å². The number of hydrogen-bond donors (Lipinski definition) is 0. The van der Waals surface area contributed by atoms with Crippen molar-refractivity contribution in [1.29, 1.82) is 0 Å². The molecule has 0 bridgehead atoms. The minimum Gasteiger partial charge on any atom is -0.292 e. The average Bonchev–Trinajstić information content (AvgIpc) is 3.32. The highest BCUT2D eigenvalue weighted by Gasteiger charge is 2.65. The van der Waals surface area contributed by atoms with E-state index in [9.17, 15) is 18.8 Å². The monoisotopic (exact) mass is 473 g/mol. The molecular weight excluding hydrogens is 457 g/mol. The summed E-state index contributed by atoms with van der Waals surface area (Å²) >= 11 is 6.00. The standard InChI is InChI=1S/C26H17ClFN3O3/c27-16-7-11-18(12-8-16)30-25(33)20-21(26(30)34)23(24(32)14-5-9-17(28)10-6-14)31-22(20)19-4-2-1-3-15(19)13-29-31/h1-13,20-23H/t20-,21+,22-,23-/m0/s1. The molecule has 0 spiro atoms. The van der Waals surface area contributed by atoms with Crippen LogP contribution in [0.1, 0.15) is 27.5 Å². The van der Waals surface area contributed by atoms with Gasteiger partial charge in [0.25, 0.3) is 0 Å². The Morgan fingerprint density at radius 2 is 1.56 bits per heavy atom. The van der Waals surface area contributed by atoms with E-state index in [1.807, 2.05) is 24.3 Å². The van der Waals surface area contributed by atoms with Gasteiger partial charge in [-0.15, -0.1) is 0 Å². The van der Waals surface area contributed by atoms with Gasteiger partial charge >= 0.3 is 0 Å². The number of anilines is 1. The lowest BCUT2D eigenvalue weighted by atomic mass is 9.83. The zero-order chi connectivity index (χ0) is 23.6. The Bertz CT molecular complexity index is 1370. The molecule has 0 saturated carbocycles. The number of Topliss-reactive ketones (excluding diaryl/α,β-unsaturated/α-hetero) is 1. The molecule has 0 aliphatic carbocycles. The normalized spacial score (nSPS) is 24.8. The molecule has 6 nitrogen and oxygen atoms in total. The van der Waals surface area contributed by atoms with E-state index in [-0.39, 0.29) is 17.3 Å². The summed E-state index contributed by atoms with van der Waals surface area (Å²) in [6.07, 6.45) is 1.64. The largest absolute Gasteiger partial charge is 0.292 e. The van der Waals surface area contributed by atoms with Gasteiger partial charge in [0, 0.05) is 10.6 Å². The SMILES string of the molecule is O=C(c1ccc(F)cc1)[C@@H]1[C@@H]2C(=O)N(c3ccc(Cl)cc3)C(=O)[C@@H]2[C@@H]2c3ccccc3C=NN12. The third-order valence-electron chi connectivity index (χ3n) is 6.78. The van der Waals surface area contributed by atoms with Gasteiger partial charge in [-0.25, -0.2) is 9.29 Å². The number of rotatable bonds is 3. The Kier molecular flexibility index (Phi) is 4.64. The number of fused-ring (bicyclic) bond motifs is 5. The van der Waals surface area contributed by atoms with Gasteiger partial charge in [0.2, 0.25) is 11.8 Å². The number of carbonyl (C=O) groups is 3. The molecule has 0 N–H and O–H groups in total. The third-order valence-corrected chi connectivity index (χ3v) is 7.03. The maximum atomic E-state index is 13.7. The minimum atomic E-state index is -1.00. The van der Waals surface area contributed by atoms with Crippen molar-refractivity contribution in [3.05, 3.63) is 100 Å². The van der Waals surface area contributed by atoms with Crippen molar-refractivity contribution in [2.24, 2.45) is 16.9 Å². The fourth-order valence-corrected chi connectivity index (χ4v) is 5.42. The highest BCUT2D eigenvalue weighted by Crippen LogP contribution is 2.53. The van der Waals surface area contributed by atoms with Crippen LogP contribution in [-0.4, -0.2) is 34.9 Å². The molecule has 2 fully saturated rings. The van der Waals surface area contributed by atoms with Crippen molar-refractivity contribution >= 4 is 41.1 Å². The smallest absolute Gasteiger partial charge is 0.240 e. The Labute approximate surface area is 199 Å². The molecular formula is C26H17ClFN3O3. The van der Waals surface area contributed by atoms with Crippen molar-refractivity contribution in [3.63, 3.8) is 0 Å². The quantitative estimate of drug-likeness (QED) is 0.421. The van der Waals surface area contributed by atoms with E-state index >= 15 is 0 Å². The van der Waals surface area contributed by atoms with E-state index in [0.29, 0.717) is 10.7 Å². The lowest BCUT2D eigenvalue weighted by Crippen LogP contribution is -2.44. The van der Waals surface area contributed by atoms with Gasteiger partial charge in [0.15, 0.2) is 5.78 Å². The molecule has 3 heterocycles. The summed E-state index contributed by atoms with van der Waals surface area (Å²) in [5, 5.41) is 6.57. The molecule has 0 aromatic heterocycles. The average molecular weight is 474 g/mol. The molecule has 34 heavy (non-hydrogen) atoms. The molecule has 0 unspecified atom stereocenters. The van der Waals surface area contributed by atoms with E-state index in [2.05, 4.69) is 5.10 Å². The van der Waals surface area contributed by atoms with Crippen LogP contribution in [0.15, 0.2) is 77.9 Å². The third kappa shape index (κ3) is 2.93. The van der Waals surface area contributed by atoms with Gasteiger partial charge in [0.1, 0.15) is 11.9 Å². The van der Waals surface area contributed by atoms with E-state index in [1.165, 1.54) is 24.3 Å².